The highest BCUT2D eigenvalue weighted by Gasteiger charge is 2.13. The summed E-state index contributed by atoms with van der Waals surface area (Å²) in [5.74, 6) is 0.825. The van der Waals surface area contributed by atoms with Gasteiger partial charge < -0.3 is 19.9 Å². The number of ether oxygens (including phenoxy) is 2. The molecular formula is C19H24Cl2FNO3. The predicted molar refractivity (Wildman–Crippen MR) is 104 cm³/mol. The van der Waals surface area contributed by atoms with Crippen molar-refractivity contribution in [1.82, 2.24) is 5.32 Å². The van der Waals surface area contributed by atoms with Gasteiger partial charge in [-0.25, -0.2) is 4.39 Å². The van der Waals surface area contributed by atoms with Gasteiger partial charge in [-0.1, -0.05) is 36.7 Å². The van der Waals surface area contributed by atoms with Gasteiger partial charge in [0.05, 0.1) is 18.7 Å². The molecular weight excluding hydrogens is 380 g/mol. The standard InChI is InChI=1S/C19H23ClFNO3.ClH/c1-3-16(11-23)22-10-13-5-4-6-18(24-2)19(13)25-12-14-7-8-15(21)9-17(14)20;/h4-9,16,22-23H,3,10-12H2,1-2H3;1H. The first-order valence-corrected chi connectivity index (χ1v) is 8.53. The Balaban J connectivity index is 0.00000338. The lowest BCUT2D eigenvalue weighted by Gasteiger charge is -2.18. The number of para-hydroxylation sites is 1. The van der Waals surface area contributed by atoms with Crippen molar-refractivity contribution in [1.29, 1.82) is 0 Å². The Morgan fingerprint density at radius 2 is 2.00 bits per heavy atom. The van der Waals surface area contributed by atoms with Crippen LogP contribution < -0.4 is 14.8 Å². The molecule has 0 aliphatic rings. The summed E-state index contributed by atoms with van der Waals surface area (Å²) < 4.78 is 24.5. The minimum absolute atomic E-state index is 0. The number of halogens is 3. The zero-order chi connectivity index (χ0) is 18.2. The highest BCUT2D eigenvalue weighted by atomic mass is 35.5. The van der Waals surface area contributed by atoms with Gasteiger partial charge in [-0.3, -0.25) is 0 Å². The lowest BCUT2D eigenvalue weighted by molar-refractivity contribution is 0.236. The summed E-state index contributed by atoms with van der Waals surface area (Å²) in [6.45, 7) is 2.81. The SMILES string of the molecule is CCC(CO)NCc1cccc(OC)c1OCc1ccc(F)cc1Cl.Cl. The van der Waals surface area contributed by atoms with Gasteiger partial charge in [-0.05, 0) is 24.6 Å². The molecule has 26 heavy (non-hydrogen) atoms. The maximum atomic E-state index is 13.2. The Bertz CT molecular complexity index is 696. The van der Waals surface area contributed by atoms with E-state index in [1.54, 1.807) is 13.2 Å². The molecule has 144 valence electrons. The third kappa shape index (κ3) is 6.02. The Morgan fingerprint density at radius 1 is 1.23 bits per heavy atom. The molecule has 0 aliphatic carbocycles. The first-order chi connectivity index (χ1) is 12.1. The number of benzene rings is 2. The maximum Gasteiger partial charge on any atom is 0.166 e. The molecule has 2 N–H and O–H groups in total. The van der Waals surface area contributed by atoms with Crippen LogP contribution in [0, 0.1) is 5.82 Å². The van der Waals surface area contributed by atoms with E-state index in [9.17, 15) is 9.50 Å². The molecule has 2 aromatic carbocycles. The smallest absolute Gasteiger partial charge is 0.166 e. The summed E-state index contributed by atoms with van der Waals surface area (Å²) in [5.41, 5.74) is 1.60. The summed E-state index contributed by atoms with van der Waals surface area (Å²) in [7, 11) is 1.58. The van der Waals surface area contributed by atoms with Crippen molar-refractivity contribution >= 4 is 24.0 Å². The zero-order valence-corrected chi connectivity index (χ0v) is 16.4. The normalized spacial score (nSPS) is 11.6. The van der Waals surface area contributed by atoms with E-state index in [0.717, 1.165) is 12.0 Å². The quantitative estimate of drug-likeness (QED) is 0.653. The lowest BCUT2D eigenvalue weighted by atomic mass is 10.1. The molecule has 0 radical (unpaired) electrons. The summed E-state index contributed by atoms with van der Waals surface area (Å²) in [5, 5.41) is 12.9. The molecule has 1 unspecified atom stereocenters. The van der Waals surface area contributed by atoms with E-state index in [2.05, 4.69) is 5.32 Å². The van der Waals surface area contributed by atoms with Gasteiger partial charge in [0.15, 0.2) is 11.5 Å². The summed E-state index contributed by atoms with van der Waals surface area (Å²) in [6, 6.07) is 9.86. The van der Waals surface area contributed by atoms with Crippen LogP contribution in [0.3, 0.4) is 0 Å². The van der Waals surface area contributed by atoms with Gasteiger partial charge in [0.1, 0.15) is 12.4 Å². The maximum absolute atomic E-state index is 13.2. The highest BCUT2D eigenvalue weighted by Crippen LogP contribution is 2.32. The third-order valence-electron chi connectivity index (χ3n) is 3.96. The second-order valence-electron chi connectivity index (χ2n) is 5.64. The molecule has 0 saturated heterocycles. The van der Waals surface area contributed by atoms with Crippen LogP contribution in [0.2, 0.25) is 5.02 Å². The van der Waals surface area contributed by atoms with E-state index in [-0.39, 0.29) is 37.5 Å². The number of aliphatic hydroxyl groups excluding tert-OH is 1. The van der Waals surface area contributed by atoms with Crippen LogP contribution in [0.5, 0.6) is 11.5 Å². The van der Waals surface area contributed by atoms with Crippen molar-refractivity contribution in [3.63, 3.8) is 0 Å². The van der Waals surface area contributed by atoms with E-state index >= 15 is 0 Å². The first kappa shape index (κ1) is 22.5. The van der Waals surface area contributed by atoms with Crippen molar-refractivity contribution in [2.24, 2.45) is 0 Å². The Kier molecular flexibility index (Phi) is 9.73. The van der Waals surface area contributed by atoms with Gasteiger partial charge in [0, 0.05) is 23.7 Å². The minimum Gasteiger partial charge on any atom is -0.493 e. The van der Waals surface area contributed by atoms with Crippen LogP contribution in [0.1, 0.15) is 24.5 Å². The van der Waals surface area contributed by atoms with Crippen LogP contribution in [0.25, 0.3) is 0 Å². The molecule has 0 fully saturated rings. The van der Waals surface area contributed by atoms with Crippen molar-refractivity contribution in [3.05, 3.63) is 58.4 Å². The Labute approximate surface area is 164 Å². The van der Waals surface area contributed by atoms with E-state index < -0.39 is 0 Å². The average Bonchev–Trinajstić information content (AvgIpc) is 2.62. The van der Waals surface area contributed by atoms with Gasteiger partial charge in [0.2, 0.25) is 0 Å². The largest absolute Gasteiger partial charge is 0.493 e. The Hall–Kier alpha value is -1.53. The topological polar surface area (TPSA) is 50.7 Å². The molecule has 7 heteroatoms. The molecule has 1 atom stereocenters. The van der Waals surface area contributed by atoms with Crippen LogP contribution in [0.15, 0.2) is 36.4 Å². The summed E-state index contributed by atoms with van der Waals surface area (Å²) in [6.07, 6.45) is 0.821. The number of hydrogen-bond donors (Lipinski definition) is 2. The number of methoxy groups -OCH3 is 1. The van der Waals surface area contributed by atoms with Crippen LogP contribution in [0.4, 0.5) is 4.39 Å². The fourth-order valence-corrected chi connectivity index (χ4v) is 2.63. The van der Waals surface area contributed by atoms with Crippen molar-refractivity contribution in [3.8, 4) is 11.5 Å². The molecule has 0 bridgehead atoms. The fraction of sp³-hybridized carbons (Fsp3) is 0.368. The van der Waals surface area contributed by atoms with Gasteiger partial charge >= 0.3 is 0 Å². The molecule has 4 nitrogen and oxygen atoms in total. The molecule has 0 saturated carbocycles. The second kappa shape index (κ2) is 11.2. The second-order valence-corrected chi connectivity index (χ2v) is 6.05. The Morgan fingerprint density at radius 3 is 2.62 bits per heavy atom. The van der Waals surface area contributed by atoms with Crippen LogP contribution >= 0.6 is 24.0 Å². The van der Waals surface area contributed by atoms with Gasteiger partial charge in [-0.2, -0.15) is 0 Å². The zero-order valence-electron chi connectivity index (χ0n) is 14.8. The molecule has 0 amide bonds. The molecule has 0 aromatic heterocycles. The average molecular weight is 404 g/mol. The lowest BCUT2D eigenvalue weighted by Crippen LogP contribution is -2.31. The predicted octanol–water partition coefficient (Wildman–Crippen LogP) is 4.35. The summed E-state index contributed by atoms with van der Waals surface area (Å²) in [4.78, 5) is 0. The molecule has 2 aromatic rings. The third-order valence-corrected chi connectivity index (χ3v) is 4.31. The fourth-order valence-electron chi connectivity index (χ4n) is 2.41. The first-order valence-electron chi connectivity index (χ1n) is 8.15. The molecule has 0 spiro atoms. The molecule has 2 rings (SSSR count). The number of rotatable bonds is 9. The van der Waals surface area contributed by atoms with E-state index in [0.29, 0.717) is 28.6 Å². The van der Waals surface area contributed by atoms with Crippen molar-refractivity contribution in [2.75, 3.05) is 13.7 Å². The van der Waals surface area contributed by atoms with Crippen LogP contribution in [-0.2, 0) is 13.2 Å². The monoisotopic (exact) mass is 403 g/mol. The van der Waals surface area contributed by atoms with Gasteiger partial charge in [-0.15, -0.1) is 12.4 Å². The molecule has 0 aliphatic heterocycles. The van der Waals surface area contributed by atoms with E-state index in [4.69, 9.17) is 21.1 Å². The molecule has 0 heterocycles. The van der Waals surface area contributed by atoms with Crippen molar-refractivity contribution in [2.45, 2.75) is 32.5 Å². The number of hydrogen-bond acceptors (Lipinski definition) is 4. The summed E-state index contributed by atoms with van der Waals surface area (Å²) >= 11 is 6.06. The van der Waals surface area contributed by atoms with E-state index in [1.807, 2.05) is 25.1 Å². The number of nitrogens with one attached hydrogen (secondary N) is 1. The van der Waals surface area contributed by atoms with Gasteiger partial charge in [0.25, 0.3) is 0 Å². The van der Waals surface area contributed by atoms with Crippen LogP contribution in [-0.4, -0.2) is 24.9 Å². The van der Waals surface area contributed by atoms with Crippen molar-refractivity contribution < 1.29 is 19.0 Å². The highest BCUT2D eigenvalue weighted by molar-refractivity contribution is 6.31. The minimum atomic E-state index is -0.384. The van der Waals surface area contributed by atoms with E-state index in [1.165, 1.54) is 12.1 Å². The number of aliphatic hydroxyl groups is 1.